The first kappa shape index (κ1) is 32.6. The Morgan fingerprint density at radius 2 is 1.03 bits per heavy atom. The second kappa shape index (κ2) is 19.8. The van der Waals surface area contributed by atoms with Crippen LogP contribution in [-0.2, 0) is 0 Å². The van der Waals surface area contributed by atoms with E-state index in [-0.39, 0.29) is 0 Å². The van der Waals surface area contributed by atoms with E-state index in [0.29, 0.717) is 0 Å². The molecule has 0 amide bonds. The Balaban J connectivity index is 4.21. The third-order valence-corrected chi connectivity index (χ3v) is 19.1. The Kier molecular flexibility index (Phi) is 19.6. The summed E-state index contributed by atoms with van der Waals surface area (Å²) < 4.78 is 0. The molecule has 1 nitrogen and oxygen atoms in total. The first-order valence-corrected chi connectivity index (χ1v) is 20.2. The van der Waals surface area contributed by atoms with Crippen LogP contribution in [0.4, 0.5) is 0 Å². The predicted octanol–water partition coefficient (Wildman–Crippen LogP) is 11.1. The van der Waals surface area contributed by atoms with Gasteiger partial charge < -0.3 is 0 Å². The Morgan fingerprint density at radius 1 is 0.606 bits per heavy atom. The number of hydrogen-bond donors (Lipinski definition) is 0. The molecule has 0 aromatic carbocycles. The summed E-state index contributed by atoms with van der Waals surface area (Å²) >= 11 is 0. The Bertz CT molecular complexity index is 525. The second-order valence-corrected chi connectivity index (χ2v) is 21.1. The van der Waals surface area contributed by atoms with E-state index < -0.39 is 16.1 Å². The summed E-state index contributed by atoms with van der Waals surface area (Å²) in [6.07, 6.45) is 15.8. The van der Waals surface area contributed by atoms with Gasteiger partial charge in [0, 0.05) is 6.54 Å². The van der Waals surface area contributed by atoms with Crippen LogP contribution in [0.1, 0.15) is 106 Å². The maximum atomic E-state index is 4.78. The quantitative estimate of drug-likeness (QED) is 0.0583. The van der Waals surface area contributed by atoms with Crippen molar-refractivity contribution in [3.05, 3.63) is 24.3 Å². The number of nitrogens with zero attached hydrogens (tertiary/aromatic N) is 1. The van der Waals surface area contributed by atoms with E-state index in [0.717, 1.165) is 6.54 Å². The van der Waals surface area contributed by atoms with Gasteiger partial charge in [-0.05, 0) is 45.0 Å². The van der Waals surface area contributed by atoms with E-state index in [2.05, 4.69) is 60.9 Å². The second-order valence-electron chi connectivity index (χ2n) is 11.4. The minimum Gasteiger partial charge on any atom is -0.298 e. The Morgan fingerprint density at radius 3 is 1.48 bits per heavy atom. The normalized spacial score (nSPS) is 12.5. The first-order chi connectivity index (χ1) is 15.8. The summed E-state index contributed by atoms with van der Waals surface area (Å²) in [5, 5.41) is 0. The van der Waals surface area contributed by atoms with Gasteiger partial charge in [-0.1, -0.05) is 126 Å². The van der Waals surface area contributed by atoms with E-state index in [1.807, 2.05) is 0 Å². The lowest BCUT2D eigenvalue weighted by molar-refractivity contribution is 0.634. The van der Waals surface area contributed by atoms with Gasteiger partial charge in [-0.2, -0.15) is 0 Å². The van der Waals surface area contributed by atoms with Crippen LogP contribution in [0.5, 0.6) is 0 Å². The minimum absolute atomic E-state index is 1.04. The van der Waals surface area contributed by atoms with Crippen molar-refractivity contribution in [2.75, 3.05) is 6.54 Å². The average molecular weight is 492 g/mol. The van der Waals surface area contributed by atoms with Gasteiger partial charge in [-0.15, -0.1) is 13.2 Å². The fourth-order valence-electron chi connectivity index (χ4n) is 6.47. The fourth-order valence-corrected chi connectivity index (χ4v) is 17.6. The van der Waals surface area contributed by atoms with Crippen LogP contribution in [0.25, 0.3) is 0 Å². The molecule has 3 heteroatoms. The SMILES string of the molecule is C=C(C)C[Si](CCC)(CCC)CCC=NCCCCCCC[Si](CCC)(CCC)CC(=C)C. The van der Waals surface area contributed by atoms with Crippen LogP contribution in [0.2, 0.25) is 48.4 Å². The summed E-state index contributed by atoms with van der Waals surface area (Å²) in [6, 6.07) is 11.6. The first-order valence-electron chi connectivity index (χ1n) is 14.6. The van der Waals surface area contributed by atoms with Gasteiger partial charge >= 0.3 is 0 Å². The lowest BCUT2D eigenvalue weighted by Gasteiger charge is -2.32. The third-order valence-electron chi connectivity index (χ3n) is 7.40. The average Bonchev–Trinajstić information content (AvgIpc) is 2.72. The molecule has 0 aromatic heterocycles. The summed E-state index contributed by atoms with van der Waals surface area (Å²) in [4.78, 5) is 4.78. The summed E-state index contributed by atoms with van der Waals surface area (Å²) in [6.45, 7) is 23.5. The van der Waals surface area contributed by atoms with Crippen molar-refractivity contribution in [3.8, 4) is 0 Å². The largest absolute Gasteiger partial charge is 0.298 e. The molecule has 0 saturated carbocycles. The van der Waals surface area contributed by atoms with Crippen molar-refractivity contribution in [1.29, 1.82) is 0 Å². The van der Waals surface area contributed by atoms with E-state index in [9.17, 15) is 0 Å². The summed E-state index contributed by atoms with van der Waals surface area (Å²) in [5.41, 5.74) is 2.84. The number of aliphatic imine (C=N–C) groups is 1. The molecule has 0 aliphatic carbocycles. The molecule has 0 spiro atoms. The van der Waals surface area contributed by atoms with E-state index >= 15 is 0 Å². The molecule has 0 atom stereocenters. The molecule has 0 heterocycles. The van der Waals surface area contributed by atoms with Gasteiger partial charge in [0.05, 0.1) is 16.1 Å². The topological polar surface area (TPSA) is 12.4 Å². The zero-order valence-electron chi connectivity index (χ0n) is 23.9. The number of unbranched alkanes of at least 4 members (excludes halogenated alkanes) is 4. The third kappa shape index (κ3) is 16.0. The minimum atomic E-state index is -1.18. The fraction of sp³-hybridized carbons (Fsp3) is 0.833. The van der Waals surface area contributed by atoms with Gasteiger partial charge in [0.25, 0.3) is 0 Å². The van der Waals surface area contributed by atoms with Crippen molar-refractivity contribution in [1.82, 2.24) is 0 Å². The summed E-state index contributed by atoms with van der Waals surface area (Å²) in [5.74, 6) is 0. The van der Waals surface area contributed by atoms with Crippen LogP contribution in [0.15, 0.2) is 29.3 Å². The van der Waals surface area contributed by atoms with Crippen LogP contribution in [-0.4, -0.2) is 28.9 Å². The van der Waals surface area contributed by atoms with Crippen molar-refractivity contribution in [2.45, 2.75) is 154 Å². The standard InChI is InChI=1S/C30H61NSi2/c1-9-21-32(22-10-2,27-29(5)6)25-17-15-13-14-16-19-31-20-18-26-33(23-11-3,24-12-4)28-30(7)8/h20H,5,7,9-19,21-28H2,1-4,6,8H3. The van der Waals surface area contributed by atoms with E-state index in [1.165, 1.54) is 124 Å². The molecular weight excluding hydrogens is 431 g/mol. The predicted molar refractivity (Wildman–Crippen MR) is 162 cm³/mol. The monoisotopic (exact) mass is 491 g/mol. The lowest BCUT2D eigenvalue weighted by atomic mass is 10.1. The molecule has 0 rings (SSSR count). The Hall–Kier alpha value is -0.416. The smallest absolute Gasteiger partial charge is 0.0579 e. The zero-order chi connectivity index (χ0) is 25.0. The number of allylic oxidation sites excluding steroid dienone is 2. The highest BCUT2D eigenvalue weighted by Gasteiger charge is 2.30. The van der Waals surface area contributed by atoms with Gasteiger partial charge in [0.2, 0.25) is 0 Å². The molecule has 0 aliphatic rings. The lowest BCUT2D eigenvalue weighted by Crippen LogP contribution is -2.33. The molecule has 0 bridgehead atoms. The zero-order valence-corrected chi connectivity index (χ0v) is 25.9. The van der Waals surface area contributed by atoms with Crippen LogP contribution < -0.4 is 0 Å². The van der Waals surface area contributed by atoms with Gasteiger partial charge in [0.1, 0.15) is 0 Å². The highest BCUT2D eigenvalue weighted by molar-refractivity contribution is 6.80. The van der Waals surface area contributed by atoms with Crippen molar-refractivity contribution in [3.63, 3.8) is 0 Å². The van der Waals surface area contributed by atoms with Gasteiger partial charge in [-0.25, -0.2) is 0 Å². The van der Waals surface area contributed by atoms with Gasteiger partial charge in [0.15, 0.2) is 0 Å². The molecule has 0 N–H and O–H groups in total. The maximum absolute atomic E-state index is 4.78. The molecule has 194 valence electrons. The molecule has 0 radical (unpaired) electrons. The highest BCUT2D eigenvalue weighted by Crippen LogP contribution is 2.34. The molecule has 0 aromatic rings. The van der Waals surface area contributed by atoms with Gasteiger partial charge in [-0.3, -0.25) is 4.99 Å². The van der Waals surface area contributed by atoms with E-state index in [4.69, 9.17) is 4.99 Å². The molecule has 0 saturated heterocycles. The maximum Gasteiger partial charge on any atom is 0.0579 e. The van der Waals surface area contributed by atoms with Crippen molar-refractivity contribution in [2.24, 2.45) is 4.99 Å². The molecule has 0 aliphatic heterocycles. The molecular formula is C30H61NSi2. The van der Waals surface area contributed by atoms with Crippen molar-refractivity contribution < 1.29 is 0 Å². The van der Waals surface area contributed by atoms with Crippen molar-refractivity contribution >= 4 is 22.4 Å². The molecule has 0 fully saturated rings. The van der Waals surface area contributed by atoms with Crippen LogP contribution >= 0.6 is 0 Å². The van der Waals surface area contributed by atoms with Crippen LogP contribution in [0.3, 0.4) is 0 Å². The Labute approximate surface area is 212 Å². The van der Waals surface area contributed by atoms with E-state index in [1.54, 1.807) is 0 Å². The molecule has 0 unspecified atom stereocenters. The summed E-state index contributed by atoms with van der Waals surface area (Å²) in [7, 11) is -2.29. The number of hydrogen-bond acceptors (Lipinski definition) is 1. The highest BCUT2D eigenvalue weighted by atomic mass is 28.3. The molecule has 33 heavy (non-hydrogen) atoms. The number of rotatable bonds is 23. The van der Waals surface area contributed by atoms with Crippen LogP contribution in [0, 0.1) is 0 Å².